The lowest BCUT2D eigenvalue weighted by atomic mass is 9.97. The van der Waals surface area contributed by atoms with Gasteiger partial charge in [0.25, 0.3) is 0 Å². The zero-order chi connectivity index (χ0) is 23.0. The van der Waals surface area contributed by atoms with Crippen molar-refractivity contribution in [1.29, 1.82) is 0 Å². The maximum atomic E-state index is 13.4. The van der Waals surface area contributed by atoms with Crippen LogP contribution in [-0.2, 0) is 14.8 Å². The Balaban J connectivity index is 1.26. The highest BCUT2D eigenvalue weighted by molar-refractivity contribution is 7.89. The standard InChI is InChI=1S/C22H24ClN5O3S2/c23-17-6-8-18(9-7-17)26-11-13-27(14-12-26)22(29)16-3-2-10-28(15-16)33(30,31)20-5-1-4-19-21(20)25-32-24-19/h1,4-9,16H,2-3,10-15H2/t16-/m1/s1. The Kier molecular flexibility index (Phi) is 6.26. The number of fused-ring (bicyclic) bond motifs is 1. The third-order valence-corrected chi connectivity index (χ3v) is 9.07. The number of carbonyl (C=O) groups is 1. The first-order valence-corrected chi connectivity index (χ1v) is 13.5. The fraction of sp³-hybridized carbons (Fsp3) is 0.409. The summed E-state index contributed by atoms with van der Waals surface area (Å²) >= 11 is 6.98. The quantitative estimate of drug-likeness (QED) is 0.541. The van der Waals surface area contributed by atoms with Gasteiger partial charge in [0.1, 0.15) is 15.9 Å². The summed E-state index contributed by atoms with van der Waals surface area (Å²) in [5.74, 6) is -0.289. The van der Waals surface area contributed by atoms with Gasteiger partial charge in [-0.2, -0.15) is 13.1 Å². The van der Waals surface area contributed by atoms with Crippen LogP contribution in [0.25, 0.3) is 11.0 Å². The molecule has 1 aromatic heterocycles. The second-order valence-electron chi connectivity index (χ2n) is 8.38. The lowest BCUT2D eigenvalue weighted by molar-refractivity contribution is -0.137. The number of nitrogens with zero attached hydrogens (tertiary/aromatic N) is 5. The molecule has 8 nitrogen and oxygen atoms in total. The Bertz CT molecular complexity index is 1260. The van der Waals surface area contributed by atoms with Crippen molar-refractivity contribution in [3.63, 3.8) is 0 Å². The molecule has 0 spiro atoms. The van der Waals surface area contributed by atoms with Gasteiger partial charge < -0.3 is 9.80 Å². The van der Waals surface area contributed by atoms with Crippen LogP contribution in [0.15, 0.2) is 47.4 Å². The molecule has 0 bridgehead atoms. The van der Waals surface area contributed by atoms with E-state index >= 15 is 0 Å². The molecule has 0 N–H and O–H groups in total. The summed E-state index contributed by atoms with van der Waals surface area (Å²) in [4.78, 5) is 17.5. The maximum Gasteiger partial charge on any atom is 0.245 e. The molecule has 11 heteroatoms. The van der Waals surface area contributed by atoms with Crippen LogP contribution in [0.4, 0.5) is 5.69 Å². The molecule has 2 aliphatic heterocycles. The number of carbonyl (C=O) groups excluding carboxylic acids is 1. The van der Waals surface area contributed by atoms with Gasteiger partial charge in [-0.25, -0.2) is 8.42 Å². The van der Waals surface area contributed by atoms with Gasteiger partial charge in [-0.3, -0.25) is 4.79 Å². The molecule has 3 heterocycles. The van der Waals surface area contributed by atoms with Crippen LogP contribution in [-0.4, -0.2) is 71.5 Å². The average molecular weight is 506 g/mol. The Morgan fingerprint density at radius 3 is 2.52 bits per heavy atom. The van der Waals surface area contributed by atoms with Gasteiger partial charge in [0.2, 0.25) is 15.9 Å². The second-order valence-corrected chi connectivity index (χ2v) is 11.3. The summed E-state index contributed by atoms with van der Waals surface area (Å²) in [5.41, 5.74) is 2.06. The summed E-state index contributed by atoms with van der Waals surface area (Å²) in [6.07, 6.45) is 1.36. The van der Waals surface area contributed by atoms with E-state index in [2.05, 4.69) is 13.6 Å². The van der Waals surface area contributed by atoms with E-state index in [1.165, 1.54) is 4.31 Å². The largest absolute Gasteiger partial charge is 0.368 e. The first-order valence-electron chi connectivity index (χ1n) is 10.9. The van der Waals surface area contributed by atoms with Gasteiger partial charge in [-0.05, 0) is 49.2 Å². The molecule has 1 amide bonds. The van der Waals surface area contributed by atoms with Crippen LogP contribution < -0.4 is 4.90 Å². The van der Waals surface area contributed by atoms with Crippen molar-refractivity contribution in [2.24, 2.45) is 5.92 Å². The van der Waals surface area contributed by atoms with Gasteiger partial charge in [-0.1, -0.05) is 17.7 Å². The van der Waals surface area contributed by atoms with E-state index in [4.69, 9.17) is 11.6 Å². The van der Waals surface area contributed by atoms with Crippen LogP contribution in [0.1, 0.15) is 12.8 Å². The summed E-state index contributed by atoms with van der Waals surface area (Å²) in [6.45, 7) is 3.32. The predicted octanol–water partition coefficient (Wildman–Crippen LogP) is 3.09. The Hall–Kier alpha value is -2.27. The molecule has 3 aromatic rings. The monoisotopic (exact) mass is 505 g/mol. The van der Waals surface area contributed by atoms with Crippen LogP contribution in [0.3, 0.4) is 0 Å². The van der Waals surface area contributed by atoms with Crippen molar-refractivity contribution in [3.05, 3.63) is 47.5 Å². The highest BCUT2D eigenvalue weighted by atomic mass is 35.5. The van der Waals surface area contributed by atoms with E-state index in [1.54, 1.807) is 18.2 Å². The fourth-order valence-electron chi connectivity index (χ4n) is 4.59. The SMILES string of the molecule is O=C([C@@H]1CCCN(S(=O)(=O)c2cccc3nsnc23)C1)N1CCN(c2ccc(Cl)cc2)CC1. The molecule has 0 saturated carbocycles. The summed E-state index contributed by atoms with van der Waals surface area (Å²) in [6, 6.07) is 12.7. The van der Waals surface area contributed by atoms with Crippen LogP contribution in [0.2, 0.25) is 5.02 Å². The van der Waals surface area contributed by atoms with Gasteiger partial charge in [0, 0.05) is 50.0 Å². The molecule has 5 rings (SSSR count). The van der Waals surface area contributed by atoms with Gasteiger partial charge in [0.15, 0.2) is 0 Å². The first-order chi connectivity index (χ1) is 15.9. The lowest BCUT2D eigenvalue weighted by Crippen LogP contribution is -2.53. The molecular weight excluding hydrogens is 482 g/mol. The van der Waals surface area contributed by atoms with Gasteiger partial charge in [-0.15, -0.1) is 0 Å². The number of aromatic nitrogens is 2. The van der Waals surface area contributed by atoms with Gasteiger partial charge >= 0.3 is 0 Å². The molecule has 2 fully saturated rings. The zero-order valence-corrected chi connectivity index (χ0v) is 20.3. The lowest BCUT2D eigenvalue weighted by Gasteiger charge is -2.39. The van der Waals surface area contributed by atoms with Gasteiger partial charge in [0.05, 0.1) is 17.6 Å². The Morgan fingerprint density at radius 2 is 1.76 bits per heavy atom. The Morgan fingerprint density at radius 1 is 1.00 bits per heavy atom. The molecule has 2 saturated heterocycles. The number of anilines is 1. The minimum Gasteiger partial charge on any atom is -0.368 e. The number of hydrogen-bond donors (Lipinski definition) is 0. The zero-order valence-electron chi connectivity index (χ0n) is 17.9. The molecule has 0 radical (unpaired) electrons. The number of hydrogen-bond acceptors (Lipinski definition) is 7. The van der Waals surface area contributed by atoms with E-state index in [1.807, 2.05) is 29.2 Å². The second kappa shape index (κ2) is 9.17. The summed E-state index contributed by atoms with van der Waals surface area (Å²) in [5, 5.41) is 0.701. The third kappa shape index (κ3) is 4.44. The van der Waals surface area contributed by atoms with Crippen molar-refractivity contribution in [2.75, 3.05) is 44.2 Å². The third-order valence-electron chi connectivity index (χ3n) is 6.38. The molecule has 2 aromatic carbocycles. The molecular formula is C22H24ClN5O3S2. The highest BCUT2D eigenvalue weighted by Gasteiger charge is 2.36. The number of piperidine rings is 1. The molecule has 33 heavy (non-hydrogen) atoms. The van der Waals surface area contributed by atoms with Crippen molar-refractivity contribution < 1.29 is 13.2 Å². The van der Waals surface area contributed by atoms with E-state index in [0.717, 1.165) is 30.5 Å². The number of halogens is 1. The number of amides is 1. The fourth-order valence-corrected chi connectivity index (χ4v) is 6.99. The van der Waals surface area contributed by atoms with E-state index in [0.29, 0.717) is 48.5 Å². The summed E-state index contributed by atoms with van der Waals surface area (Å²) < 4.78 is 36.6. The number of rotatable bonds is 4. The van der Waals surface area contributed by atoms with Crippen LogP contribution >= 0.6 is 23.3 Å². The predicted molar refractivity (Wildman–Crippen MR) is 129 cm³/mol. The number of piperazine rings is 1. The van der Waals surface area contributed by atoms with E-state index in [9.17, 15) is 13.2 Å². The highest BCUT2D eigenvalue weighted by Crippen LogP contribution is 2.29. The van der Waals surface area contributed by atoms with Crippen LogP contribution in [0, 0.1) is 5.92 Å². The molecule has 0 aliphatic carbocycles. The minimum absolute atomic E-state index is 0.0409. The molecule has 0 unspecified atom stereocenters. The van der Waals surface area contributed by atoms with E-state index in [-0.39, 0.29) is 23.3 Å². The topological polar surface area (TPSA) is 86.7 Å². The number of sulfonamides is 1. The van der Waals surface area contributed by atoms with Crippen LogP contribution in [0.5, 0.6) is 0 Å². The van der Waals surface area contributed by atoms with Crippen molar-refractivity contribution in [3.8, 4) is 0 Å². The van der Waals surface area contributed by atoms with Crippen molar-refractivity contribution >= 4 is 56.0 Å². The van der Waals surface area contributed by atoms with Crippen molar-refractivity contribution in [2.45, 2.75) is 17.7 Å². The molecule has 2 aliphatic rings. The average Bonchev–Trinajstić information content (AvgIpc) is 3.33. The molecule has 174 valence electrons. The smallest absolute Gasteiger partial charge is 0.245 e. The first kappa shape index (κ1) is 22.5. The normalized spacial score (nSPS) is 20.3. The maximum absolute atomic E-state index is 13.4. The summed E-state index contributed by atoms with van der Waals surface area (Å²) in [7, 11) is -3.76. The minimum atomic E-state index is -3.76. The van der Waals surface area contributed by atoms with Crippen molar-refractivity contribution in [1.82, 2.24) is 18.0 Å². The molecule has 1 atom stereocenters. The van der Waals surface area contributed by atoms with E-state index < -0.39 is 10.0 Å². The Labute approximate surface area is 202 Å². The number of benzene rings is 2.